The number of carbonyl (C=O) groups excluding carboxylic acids is 2. The second-order valence-electron chi connectivity index (χ2n) is 7.65. The van der Waals surface area contributed by atoms with Crippen molar-refractivity contribution < 1.29 is 28.5 Å². The topological polar surface area (TPSA) is 107 Å². The van der Waals surface area contributed by atoms with Gasteiger partial charge in [-0.2, -0.15) is 5.10 Å². The predicted octanol–water partition coefficient (Wildman–Crippen LogP) is 5.09. The number of hydrogen-bond donors (Lipinski definition) is 2. The molecule has 0 aromatic heterocycles. The van der Waals surface area contributed by atoms with Crippen LogP contribution in [0.15, 0.2) is 78.4 Å². The van der Waals surface area contributed by atoms with Gasteiger partial charge in [0.2, 0.25) is 0 Å². The van der Waals surface area contributed by atoms with E-state index in [2.05, 4.69) is 22.4 Å². The summed E-state index contributed by atoms with van der Waals surface area (Å²) in [6.07, 6.45) is 3.08. The first kappa shape index (κ1) is 28.1. The van der Waals surface area contributed by atoms with Gasteiger partial charge in [-0.1, -0.05) is 24.3 Å². The van der Waals surface area contributed by atoms with Gasteiger partial charge >= 0.3 is 0 Å². The van der Waals surface area contributed by atoms with E-state index in [0.29, 0.717) is 58.0 Å². The molecule has 9 nitrogen and oxygen atoms in total. The second-order valence-corrected chi connectivity index (χ2v) is 8.08. The van der Waals surface area contributed by atoms with Crippen molar-refractivity contribution in [3.05, 3.63) is 89.5 Å². The fraction of sp³-hybridized carbons (Fsp3) is 0.179. The summed E-state index contributed by atoms with van der Waals surface area (Å²) in [6.45, 7) is 5.93. The molecule has 0 saturated carbocycles. The second kappa shape index (κ2) is 14.3. The van der Waals surface area contributed by atoms with E-state index < -0.39 is 5.91 Å². The van der Waals surface area contributed by atoms with Gasteiger partial charge in [-0.05, 0) is 73.2 Å². The van der Waals surface area contributed by atoms with Crippen molar-refractivity contribution in [2.24, 2.45) is 5.10 Å². The highest BCUT2D eigenvalue weighted by molar-refractivity contribution is 6.30. The molecule has 0 bridgehead atoms. The molecular weight excluding hydrogens is 510 g/mol. The lowest BCUT2D eigenvalue weighted by Gasteiger charge is -2.13. The van der Waals surface area contributed by atoms with E-state index in [1.165, 1.54) is 13.3 Å². The van der Waals surface area contributed by atoms with Gasteiger partial charge in [-0.3, -0.25) is 9.59 Å². The summed E-state index contributed by atoms with van der Waals surface area (Å²) in [5, 5.41) is 7.33. The van der Waals surface area contributed by atoms with Gasteiger partial charge in [-0.15, -0.1) is 0 Å². The van der Waals surface area contributed by atoms with Crippen molar-refractivity contribution in [1.29, 1.82) is 0 Å². The molecule has 2 amide bonds. The Morgan fingerprint density at radius 3 is 2.39 bits per heavy atom. The van der Waals surface area contributed by atoms with Gasteiger partial charge in [0.05, 0.1) is 19.9 Å². The maximum Gasteiger partial charge on any atom is 0.271 e. The zero-order chi connectivity index (χ0) is 27.3. The normalized spacial score (nSPS) is 10.5. The third kappa shape index (κ3) is 8.28. The van der Waals surface area contributed by atoms with Crippen LogP contribution < -0.4 is 29.7 Å². The number of anilines is 1. The van der Waals surface area contributed by atoms with Crippen LogP contribution in [0.3, 0.4) is 0 Å². The van der Waals surface area contributed by atoms with Gasteiger partial charge in [0.15, 0.2) is 29.6 Å². The third-order valence-electron chi connectivity index (χ3n) is 4.92. The van der Waals surface area contributed by atoms with Crippen molar-refractivity contribution in [3.8, 4) is 23.0 Å². The molecule has 0 unspecified atom stereocenters. The zero-order valence-corrected chi connectivity index (χ0v) is 21.8. The largest absolute Gasteiger partial charge is 0.493 e. The minimum atomic E-state index is -0.425. The first-order chi connectivity index (χ1) is 18.4. The number of nitrogens with one attached hydrogen (secondary N) is 2. The first-order valence-electron chi connectivity index (χ1n) is 11.6. The Bertz CT molecular complexity index is 1290. The number of hydrazone groups is 1. The SMILES string of the molecule is C=CCOc1ccc(C(=O)N/N=C/c2ccc(OCC(=O)Nc3ccc(Cl)cc3)c(OCC)c2)cc1OC. The lowest BCUT2D eigenvalue weighted by molar-refractivity contribution is -0.118. The quantitative estimate of drug-likeness (QED) is 0.178. The summed E-state index contributed by atoms with van der Waals surface area (Å²) in [7, 11) is 1.49. The average molecular weight is 538 g/mol. The van der Waals surface area contributed by atoms with Crippen LogP contribution in [0.4, 0.5) is 5.69 Å². The Hall–Kier alpha value is -4.50. The summed E-state index contributed by atoms with van der Waals surface area (Å²) in [6, 6.07) is 16.6. The van der Waals surface area contributed by atoms with E-state index in [1.807, 2.05) is 6.92 Å². The van der Waals surface area contributed by atoms with Gasteiger partial charge < -0.3 is 24.3 Å². The van der Waals surface area contributed by atoms with Crippen molar-refractivity contribution in [2.75, 3.05) is 32.2 Å². The van der Waals surface area contributed by atoms with E-state index in [0.717, 1.165) is 0 Å². The molecule has 0 aliphatic heterocycles. The highest BCUT2D eigenvalue weighted by atomic mass is 35.5. The van der Waals surface area contributed by atoms with Crippen LogP contribution >= 0.6 is 11.6 Å². The number of methoxy groups -OCH3 is 1. The molecule has 0 aliphatic carbocycles. The van der Waals surface area contributed by atoms with E-state index in [4.69, 9.17) is 30.5 Å². The molecule has 0 spiro atoms. The number of carbonyl (C=O) groups is 2. The molecule has 3 rings (SSSR count). The fourth-order valence-electron chi connectivity index (χ4n) is 3.17. The molecule has 3 aromatic rings. The van der Waals surface area contributed by atoms with Crippen LogP contribution in [-0.4, -0.2) is 45.0 Å². The van der Waals surface area contributed by atoms with Crippen LogP contribution in [0.5, 0.6) is 23.0 Å². The first-order valence-corrected chi connectivity index (χ1v) is 12.0. The summed E-state index contributed by atoms with van der Waals surface area (Å²) < 4.78 is 22.1. The Labute approximate surface area is 226 Å². The summed E-state index contributed by atoms with van der Waals surface area (Å²) in [5.41, 5.74) is 4.09. The van der Waals surface area contributed by atoms with Gasteiger partial charge in [0, 0.05) is 16.3 Å². The molecule has 198 valence electrons. The van der Waals surface area contributed by atoms with Crippen molar-refractivity contribution in [1.82, 2.24) is 5.43 Å². The van der Waals surface area contributed by atoms with Crippen molar-refractivity contribution in [3.63, 3.8) is 0 Å². The summed E-state index contributed by atoms with van der Waals surface area (Å²) in [5.74, 6) is 0.988. The number of halogens is 1. The molecule has 0 aliphatic rings. The zero-order valence-electron chi connectivity index (χ0n) is 21.0. The smallest absolute Gasteiger partial charge is 0.271 e. The van der Waals surface area contributed by atoms with Crippen LogP contribution in [0.25, 0.3) is 0 Å². The van der Waals surface area contributed by atoms with Crippen molar-refractivity contribution in [2.45, 2.75) is 6.92 Å². The Morgan fingerprint density at radius 2 is 1.68 bits per heavy atom. The molecule has 0 fully saturated rings. The fourth-order valence-corrected chi connectivity index (χ4v) is 3.30. The number of hydrogen-bond acceptors (Lipinski definition) is 7. The molecular formula is C28H28ClN3O6. The highest BCUT2D eigenvalue weighted by Crippen LogP contribution is 2.29. The number of amides is 2. The van der Waals surface area contributed by atoms with E-state index in [1.54, 1.807) is 66.7 Å². The van der Waals surface area contributed by atoms with E-state index in [9.17, 15) is 9.59 Å². The van der Waals surface area contributed by atoms with E-state index in [-0.39, 0.29) is 12.5 Å². The Kier molecular flexibility index (Phi) is 10.6. The standard InChI is InChI=1S/C28H28ClN3O6/c1-4-14-37-23-13-7-20(16-25(23)35-3)28(34)32-30-17-19-6-12-24(26(15-19)36-5-2)38-18-27(33)31-22-10-8-21(29)9-11-22/h4,6-13,15-17H,1,5,14,18H2,2-3H3,(H,31,33)(H,32,34)/b30-17+. The Morgan fingerprint density at radius 1 is 0.947 bits per heavy atom. The molecule has 38 heavy (non-hydrogen) atoms. The highest BCUT2D eigenvalue weighted by Gasteiger charge is 2.12. The number of benzene rings is 3. The predicted molar refractivity (Wildman–Crippen MR) is 147 cm³/mol. The Balaban J connectivity index is 1.60. The molecule has 3 aromatic carbocycles. The summed E-state index contributed by atoms with van der Waals surface area (Å²) >= 11 is 5.86. The molecule has 2 N–H and O–H groups in total. The number of ether oxygens (including phenoxy) is 4. The maximum atomic E-state index is 12.5. The van der Waals surface area contributed by atoms with E-state index >= 15 is 0 Å². The van der Waals surface area contributed by atoms with Crippen LogP contribution in [0, 0.1) is 0 Å². The van der Waals surface area contributed by atoms with Crippen LogP contribution in [-0.2, 0) is 4.79 Å². The van der Waals surface area contributed by atoms with Crippen LogP contribution in [0.1, 0.15) is 22.8 Å². The molecule has 0 radical (unpaired) electrons. The number of nitrogens with zero attached hydrogens (tertiary/aromatic N) is 1. The molecule has 0 saturated heterocycles. The minimum absolute atomic E-state index is 0.215. The molecule has 10 heteroatoms. The van der Waals surface area contributed by atoms with Crippen molar-refractivity contribution >= 4 is 35.3 Å². The molecule has 0 heterocycles. The average Bonchev–Trinajstić information content (AvgIpc) is 2.92. The monoisotopic (exact) mass is 537 g/mol. The lowest BCUT2D eigenvalue weighted by atomic mass is 10.2. The minimum Gasteiger partial charge on any atom is -0.493 e. The van der Waals surface area contributed by atoms with Gasteiger partial charge in [0.25, 0.3) is 11.8 Å². The van der Waals surface area contributed by atoms with Gasteiger partial charge in [0.1, 0.15) is 6.61 Å². The van der Waals surface area contributed by atoms with Gasteiger partial charge in [-0.25, -0.2) is 5.43 Å². The summed E-state index contributed by atoms with van der Waals surface area (Å²) in [4.78, 5) is 24.8. The lowest BCUT2D eigenvalue weighted by Crippen LogP contribution is -2.20. The number of rotatable bonds is 13. The maximum absolute atomic E-state index is 12.5. The van der Waals surface area contributed by atoms with Crippen LogP contribution in [0.2, 0.25) is 5.02 Å². The molecule has 0 atom stereocenters. The third-order valence-corrected chi connectivity index (χ3v) is 5.17.